The van der Waals surface area contributed by atoms with E-state index in [-0.39, 0.29) is 5.78 Å². The number of nitrogens with zero attached hydrogens (tertiary/aromatic N) is 3. The van der Waals surface area contributed by atoms with Crippen LogP contribution < -0.4 is 0 Å². The number of rotatable bonds is 3. The molecule has 0 spiro atoms. The maximum atomic E-state index is 11.6. The molecule has 0 aliphatic carbocycles. The van der Waals surface area contributed by atoms with Crippen molar-refractivity contribution in [2.45, 2.75) is 6.92 Å². The van der Waals surface area contributed by atoms with Crippen LogP contribution in [0, 0.1) is 6.92 Å². The molecule has 0 aliphatic heterocycles. The lowest BCUT2D eigenvalue weighted by Gasteiger charge is -2.01. The van der Waals surface area contributed by atoms with Gasteiger partial charge in [-0.2, -0.15) is 5.10 Å². The van der Waals surface area contributed by atoms with Crippen LogP contribution in [0.4, 0.5) is 0 Å². The molecule has 76 valence electrons. The van der Waals surface area contributed by atoms with E-state index in [4.69, 9.17) is 0 Å². The van der Waals surface area contributed by atoms with Gasteiger partial charge in [-0.25, -0.2) is 0 Å². The lowest BCUT2D eigenvalue weighted by molar-refractivity contribution is 0.104. The van der Waals surface area contributed by atoms with Crippen LogP contribution in [-0.4, -0.2) is 34.6 Å². The molecule has 4 nitrogen and oxygen atoms in total. The SMILES string of the molecule is Cc1nn(C)cc1C(=O)C=CN(C)C. The third kappa shape index (κ3) is 2.45. The predicted octanol–water partition coefficient (Wildman–Crippen LogP) is 0.987. The molecule has 14 heavy (non-hydrogen) atoms. The highest BCUT2D eigenvalue weighted by Crippen LogP contribution is 2.06. The number of aromatic nitrogens is 2. The number of hydrogen-bond donors (Lipinski definition) is 0. The van der Waals surface area contributed by atoms with Gasteiger partial charge < -0.3 is 4.90 Å². The fourth-order valence-corrected chi connectivity index (χ4v) is 1.15. The van der Waals surface area contributed by atoms with Gasteiger partial charge in [-0.3, -0.25) is 9.48 Å². The van der Waals surface area contributed by atoms with Gasteiger partial charge >= 0.3 is 0 Å². The Bertz CT molecular complexity index is 363. The van der Waals surface area contributed by atoms with E-state index in [2.05, 4.69) is 5.10 Å². The van der Waals surface area contributed by atoms with E-state index >= 15 is 0 Å². The zero-order valence-electron chi connectivity index (χ0n) is 8.98. The van der Waals surface area contributed by atoms with E-state index in [0.717, 1.165) is 5.69 Å². The van der Waals surface area contributed by atoms with Gasteiger partial charge in [0.15, 0.2) is 5.78 Å². The van der Waals surface area contributed by atoms with Crippen LogP contribution in [0.5, 0.6) is 0 Å². The molecule has 0 N–H and O–H groups in total. The van der Waals surface area contributed by atoms with Crippen LogP contribution in [0.1, 0.15) is 16.1 Å². The van der Waals surface area contributed by atoms with Crippen LogP contribution in [0.15, 0.2) is 18.5 Å². The van der Waals surface area contributed by atoms with Gasteiger partial charge in [0, 0.05) is 39.6 Å². The van der Waals surface area contributed by atoms with Crippen molar-refractivity contribution in [1.29, 1.82) is 0 Å². The Morgan fingerprint density at radius 1 is 1.57 bits per heavy atom. The molecule has 0 fully saturated rings. The first kappa shape index (κ1) is 10.5. The quantitative estimate of drug-likeness (QED) is 0.530. The maximum Gasteiger partial charge on any atom is 0.190 e. The first-order chi connectivity index (χ1) is 6.50. The Labute approximate surface area is 83.8 Å². The predicted molar refractivity (Wildman–Crippen MR) is 55.1 cm³/mol. The van der Waals surface area contributed by atoms with Crippen molar-refractivity contribution in [2.24, 2.45) is 7.05 Å². The fourth-order valence-electron chi connectivity index (χ4n) is 1.15. The molecule has 0 aromatic carbocycles. The summed E-state index contributed by atoms with van der Waals surface area (Å²) in [5, 5.41) is 4.11. The van der Waals surface area contributed by atoms with Crippen LogP contribution in [0.3, 0.4) is 0 Å². The fraction of sp³-hybridized carbons (Fsp3) is 0.400. The third-order valence-electron chi connectivity index (χ3n) is 1.80. The van der Waals surface area contributed by atoms with Crippen molar-refractivity contribution >= 4 is 5.78 Å². The Morgan fingerprint density at radius 3 is 2.64 bits per heavy atom. The molecule has 0 radical (unpaired) electrons. The molecule has 0 saturated heterocycles. The lowest BCUT2D eigenvalue weighted by Crippen LogP contribution is -2.03. The van der Waals surface area contributed by atoms with Crippen molar-refractivity contribution < 1.29 is 4.79 Å². The normalized spacial score (nSPS) is 10.9. The molecule has 1 aromatic heterocycles. The van der Waals surface area contributed by atoms with Crippen molar-refractivity contribution in [3.05, 3.63) is 29.7 Å². The van der Waals surface area contributed by atoms with Gasteiger partial charge in [-0.15, -0.1) is 0 Å². The molecular formula is C10H15N3O. The average Bonchev–Trinajstić information content (AvgIpc) is 2.41. The number of carbonyl (C=O) groups is 1. The van der Waals surface area contributed by atoms with Gasteiger partial charge in [0.2, 0.25) is 0 Å². The standard InChI is InChI=1S/C10H15N3O/c1-8-9(7-13(4)11-8)10(14)5-6-12(2)3/h5-7H,1-4H3. The molecule has 1 rings (SSSR count). The Balaban J connectivity index is 2.85. The molecule has 4 heteroatoms. The number of aryl methyl sites for hydroxylation is 2. The summed E-state index contributed by atoms with van der Waals surface area (Å²) in [6.07, 6.45) is 5.01. The zero-order chi connectivity index (χ0) is 10.7. The summed E-state index contributed by atoms with van der Waals surface area (Å²) in [6.45, 7) is 1.83. The molecule has 0 saturated carbocycles. The highest BCUT2D eigenvalue weighted by Gasteiger charge is 2.08. The molecule has 1 heterocycles. The van der Waals surface area contributed by atoms with Gasteiger partial charge in [0.05, 0.1) is 11.3 Å². The van der Waals surface area contributed by atoms with Crippen LogP contribution >= 0.6 is 0 Å². The summed E-state index contributed by atoms with van der Waals surface area (Å²) in [7, 11) is 5.55. The van der Waals surface area contributed by atoms with Crippen molar-refractivity contribution in [3.63, 3.8) is 0 Å². The van der Waals surface area contributed by atoms with Crippen LogP contribution in [0.2, 0.25) is 0 Å². The number of allylic oxidation sites excluding steroid dienone is 1. The zero-order valence-corrected chi connectivity index (χ0v) is 8.98. The van der Waals surface area contributed by atoms with E-state index in [9.17, 15) is 4.79 Å². The first-order valence-electron chi connectivity index (χ1n) is 4.40. The van der Waals surface area contributed by atoms with E-state index in [1.807, 2.05) is 25.9 Å². The van der Waals surface area contributed by atoms with E-state index in [1.54, 1.807) is 30.2 Å². The monoisotopic (exact) mass is 193 g/mol. The second kappa shape index (κ2) is 4.09. The van der Waals surface area contributed by atoms with Gasteiger partial charge in [0.25, 0.3) is 0 Å². The van der Waals surface area contributed by atoms with Gasteiger partial charge in [0.1, 0.15) is 0 Å². The Hall–Kier alpha value is -1.58. The molecular weight excluding hydrogens is 178 g/mol. The molecule has 1 aromatic rings. The summed E-state index contributed by atoms with van der Waals surface area (Å²) < 4.78 is 1.64. The second-order valence-corrected chi connectivity index (χ2v) is 3.45. The largest absolute Gasteiger partial charge is 0.383 e. The lowest BCUT2D eigenvalue weighted by atomic mass is 10.2. The van der Waals surface area contributed by atoms with Crippen molar-refractivity contribution in [3.8, 4) is 0 Å². The molecule has 0 amide bonds. The third-order valence-corrected chi connectivity index (χ3v) is 1.80. The summed E-state index contributed by atoms with van der Waals surface area (Å²) in [6, 6.07) is 0. The minimum absolute atomic E-state index is 0.00991. The molecule has 0 aliphatic rings. The smallest absolute Gasteiger partial charge is 0.190 e. The van der Waals surface area contributed by atoms with Gasteiger partial charge in [-0.1, -0.05) is 0 Å². The van der Waals surface area contributed by atoms with Crippen LogP contribution in [-0.2, 0) is 7.05 Å². The minimum atomic E-state index is -0.00991. The molecule has 0 bridgehead atoms. The summed E-state index contributed by atoms with van der Waals surface area (Å²) >= 11 is 0. The summed E-state index contributed by atoms with van der Waals surface area (Å²) in [4.78, 5) is 13.4. The highest BCUT2D eigenvalue weighted by atomic mass is 16.1. The summed E-state index contributed by atoms with van der Waals surface area (Å²) in [5.41, 5.74) is 1.42. The van der Waals surface area contributed by atoms with E-state index in [0.29, 0.717) is 5.56 Å². The second-order valence-electron chi connectivity index (χ2n) is 3.45. The van der Waals surface area contributed by atoms with E-state index < -0.39 is 0 Å². The molecule has 0 atom stereocenters. The van der Waals surface area contributed by atoms with Crippen molar-refractivity contribution in [2.75, 3.05) is 14.1 Å². The molecule has 0 unspecified atom stereocenters. The highest BCUT2D eigenvalue weighted by molar-refractivity contribution is 6.05. The Morgan fingerprint density at radius 2 is 2.21 bits per heavy atom. The number of carbonyl (C=O) groups excluding carboxylic acids is 1. The first-order valence-corrected chi connectivity index (χ1v) is 4.40. The van der Waals surface area contributed by atoms with E-state index in [1.165, 1.54) is 0 Å². The van der Waals surface area contributed by atoms with Gasteiger partial charge in [-0.05, 0) is 6.92 Å². The number of ketones is 1. The summed E-state index contributed by atoms with van der Waals surface area (Å²) in [5.74, 6) is -0.00991. The van der Waals surface area contributed by atoms with Crippen LogP contribution in [0.25, 0.3) is 0 Å². The maximum absolute atomic E-state index is 11.6. The Kier molecular flexibility index (Phi) is 3.06. The topological polar surface area (TPSA) is 38.1 Å². The number of hydrogen-bond acceptors (Lipinski definition) is 3. The van der Waals surface area contributed by atoms with Crippen molar-refractivity contribution in [1.82, 2.24) is 14.7 Å². The average molecular weight is 193 g/mol. The minimum Gasteiger partial charge on any atom is -0.383 e.